The monoisotopic (exact) mass is 1000 g/mol. The van der Waals surface area contributed by atoms with Crippen LogP contribution in [0.3, 0.4) is 0 Å². The van der Waals surface area contributed by atoms with Gasteiger partial charge in [0, 0.05) is 0 Å². The van der Waals surface area contributed by atoms with Gasteiger partial charge in [-0.15, -0.1) is 0 Å². The van der Waals surface area contributed by atoms with E-state index < -0.39 is 0 Å². The van der Waals surface area contributed by atoms with Gasteiger partial charge in [0.05, 0.1) is 0 Å². The molecule has 13 rings (SSSR count). The maximum Gasteiger partial charge on any atom is -0.00259 e. The largest absolute Gasteiger partial charge is 0.0616 e. The van der Waals surface area contributed by atoms with E-state index in [9.17, 15) is 0 Å². The molecule has 0 N–H and O–H groups in total. The molecule has 13 aromatic rings. The summed E-state index contributed by atoms with van der Waals surface area (Å²) in [5.74, 6) is 0. The van der Waals surface area contributed by atoms with Crippen LogP contribution in [-0.4, -0.2) is 0 Å². The van der Waals surface area contributed by atoms with Gasteiger partial charge in [0.25, 0.3) is 0 Å². The van der Waals surface area contributed by atoms with E-state index in [1.807, 2.05) is 0 Å². The van der Waals surface area contributed by atoms with Gasteiger partial charge in [-0.3, -0.25) is 0 Å². The van der Waals surface area contributed by atoms with Crippen molar-refractivity contribution in [3.63, 3.8) is 0 Å². The zero-order valence-corrected chi connectivity index (χ0v) is 46.5. The molecule has 0 heteroatoms. The normalized spacial score (nSPS) is 12.4. The molecule has 0 aliphatic heterocycles. The number of hydrogen-bond donors (Lipinski definition) is 0. The van der Waals surface area contributed by atoms with Crippen molar-refractivity contribution in [2.45, 2.75) is 78.6 Å². The number of fused-ring (bicyclic) bond motifs is 6. The van der Waals surface area contributed by atoms with Crippen molar-refractivity contribution >= 4 is 64.6 Å². The molecule has 13 aromatic carbocycles. The molecule has 0 saturated heterocycles. The molecule has 0 heterocycles. The van der Waals surface area contributed by atoms with Gasteiger partial charge in [0.15, 0.2) is 0 Å². The maximum atomic E-state index is 2.51. The van der Waals surface area contributed by atoms with Crippen molar-refractivity contribution in [2.24, 2.45) is 0 Å². The summed E-state index contributed by atoms with van der Waals surface area (Å²) in [6.07, 6.45) is 0. The van der Waals surface area contributed by atoms with Crippen LogP contribution in [0.2, 0.25) is 0 Å². The smallest absolute Gasteiger partial charge is 0.00259 e. The Morgan fingerprint density at radius 3 is 0.449 bits per heavy atom. The maximum absolute atomic E-state index is 2.51. The first kappa shape index (κ1) is 49.0. The highest BCUT2D eigenvalue weighted by molar-refractivity contribution is 6.26. The molecule has 0 bridgehead atoms. The SMILES string of the molecule is CC(C)(C)c1ccc(-c2c3ccccc3c(-c3cc(-c4c5ccccc5c(-c5ccc(C(C)(C)C)cc5)c5ccccc45)cc(-c4c5ccccc5c(-c5ccc(C(C)(C)C)cc5)c5ccccc45)c3)c3ccccc23)cc1. The standard InChI is InChI=1S/C78H66/c1-76(2,3)55-40-34-49(35-41-55)70-58-22-10-16-28-64(58)73(65-29-17-11-23-59(65)70)52-46-53(74-66-30-18-12-24-60(66)71(61-25-13-19-31-67(61)74)50-36-42-56(43-37-50)77(4,5)6)48-54(47-52)75-68-32-20-14-26-62(68)72(63-27-15-21-33-69(63)75)51-38-44-57(45-39-51)78(7,8)9/h10-48H,1-9H3. The van der Waals surface area contributed by atoms with Gasteiger partial charge >= 0.3 is 0 Å². The van der Waals surface area contributed by atoms with E-state index >= 15 is 0 Å². The second-order valence-electron chi connectivity index (χ2n) is 24.8. The predicted octanol–water partition coefficient (Wildman–Crippen LogP) is 22.5. The molecule has 78 heavy (non-hydrogen) atoms. The fourth-order valence-electron chi connectivity index (χ4n) is 12.7. The van der Waals surface area contributed by atoms with Crippen LogP contribution in [0.25, 0.3) is 131 Å². The molecule has 0 unspecified atom stereocenters. The van der Waals surface area contributed by atoms with Crippen LogP contribution in [0.15, 0.2) is 237 Å². The van der Waals surface area contributed by atoms with E-state index in [2.05, 4.69) is 299 Å². The van der Waals surface area contributed by atoms with E-state index in [1.54, 1.807) is 0 Å². The Balaban J connectivity index is 1.15. The summed E-state index contributed by atoms with van der Waals surface area (Å²) in [6, 6.07) is 90.2. The Morgan fingerprint density at radius 2 is 0.308 bits per heavy atom. The van der Waals surface area contributed by atoms with Crippen molar-refractivity contribution in [1.82, 2.24) is 0 Å². The summed E-state index contributed by atoms with van der Waals surface area (Å²) in [5.41, 5.74) is 19.0. The molecule has 0 aliphatic rings. The lowest BCUT2D eigenvalue weighted by atomic mass is 9.80. The lowest BCUT2D eigenvalue weighted by Crippen LogP contribution is -2.10. The van der Waals surface area contributed by atoms with Crippen molar-refractivity contribution in [3.05, 3.63) is 253 Å². The molecule has 0 saturated carbocycles. The average molecular weight is 1000 g/mol. The van der Waals surface area contributed by atoms with E-state index in [-0.39, 0.29) is 16.2 Å². The molecule has 0 aliphatic carbocycles. The first-order valence-corrected chi connectivity index (χ1v) is 27.9. The van der Waals surface area contributed by atoms with Gasteiger partial charge in [-0.25, -0.2) is 0 Å². The van der Waals surface area contributed by atoms with E-state index in [1.165, 1.54) is 148 Å². The molecular weight excluding hydrogens is 937 g/mol. The summed E-state index contributed by atoms with van der Waals surface area (Å²) in [5, 5.41) is 14.9. The average Bonchev–Trinajstić information content (AvgIpc) is 3.64. The molecule has 0 aromatic heterocycles. The van der Waals surface area contributed by atoms with E-state index in [0.717, 1.165) is 0 Å². The molecular formula is C78H66. The second kappa shape index (κ2) is 18.6. The first-order valence-electron chi connectivity index (χ1n) is 27.9. The summed E-state index contributed by atoms with van der Waals surface area (Å²) in [7, 11) is 0. The summed E-state index contributed by atoms with van der Waals surface area (Å²) >= 11 is 0. The number of benzene rings is 13. The van der Waals surface area contributed by atoms with Gasteiger partial charge in [-0.2, -0.15) is 0 Å². The third-order valence-electron chi connectivity index (χ3n) is 16.7. The van der Waals surface area contributed by atoms with Gasteiger partial charge < -0.3 is 0 Å². The highest BCUT2D eigenvalue weighted by Crippen LogP contribution is 2.51. The minimum Gasteiger partial charge on any atom is -0.0616 e. The third-order valence-corrected chi connectivity index (χ3v) is 16.7. The zero-order chi connectivity index (χ0) is 53.7. The molecule has 0 atom stereocenters. The first-order chi connectivity index (χ1) is 37.6. The zero-order valence-electron chi connectivity index (χ0n) is 46.5. The number of rotatable bonds is 6. The summed E-state index contributed by atoms with van der Waals surface area (Å²) in [4.78, 5) is 0. The van der Waals surface area contributed by atoms with Crippen molar-refractivity contribution in [1.29, 1.82) is 0 Å². The summed E-state index contributed by atoms with van der Waals surface area (Å²) in [6.45, 7) is 20.6. The lowest BCUT2D eigenvalue weighted by Gasteiger charge is -2.23. The van der Waals surface area contributed by atoms with Gasteiger partial charge in [-0.1, -0.05) is 281 Å². The third kappa shape index (κ3) is 8.29. The molecule has 0 amide bonds. The Kier molecular flexibility index (Phi) is 11.7. The van der Waals surface area contributed by atoms with Crippen LogP contribution in [-0.2, 0) is 16.2 Å². The molecule has 0 fully saturated rings. The summed E-state index contributed by atoms with van der Waals surface area (Å²) < 4.78 is 0. The highest BCUT2D eigenvalue weighted by atomic mass is 14.3. The van der Waals surface area contributed by atoms with Crippen LogP contribution in [0.1, 0.15) is 79.0 Å². The van der Waals surface area contributed by atoms with Crippen molar-refractivity contribution in [3.8, 4) is 66.8 Å². The molecule has 0 nitrogen and oxygen atoms in total. The van der Waals surface area contributed by atoms with E-state index in [0.29, 0.717) is 0 Å². The van der Waals surface area contributed by atoms with Crippen LogP contribution >= 0.6 is 0 Å². The van der Waals surface area contributed by atoms with Crippen LogP contribution < -0.4 is 0 Å². The van der Waals surface area contributed by atoms with Gasteiger partial charge in [0.1, 0.15) is 0 Å². The van der Waals surface area contributed by atoms with Crippen LogP contribution in [0.4, 0.5) is 0 Å². The van der Waals surface area contributed by atoms with Gasteiger partial charge in [-0.05, 0) is 183 Å². The fourth-order valence-corrected chi connectivity index (χ4v) is 12.7. The lowest BCUT2D eigenvalue weighted by molar-refractivity contribution is 0.590. The van der Waals surface area contributed by atoms with Crippen LogP contribution in [0.5, 0.6) is 0 Å². The minimum absolute atomic E-state index is 0.0542. The molecule has 378 valence electrons. The topological polar surface area (TPSA) is 0 Å². The quantitative estimate of drug-likeness (QED) is 0.146. The van der Waals surface area contributed by atoms with Crippen molar-refractivity contribution in [2.75, 3.05) is 0 Å². The predicted molar refractivity (Wildman–Crippen MR) is 340 cm³/mol. The molecule has 0 spiro atoms. The second-order valence-corrected chi connectivity index (χ2v) is 24.8. The Morgan fingerprint density at radius 1 is 0.167 bits per heavy atom. The fraction of sp³-hybridized carbons (Fsp3) is 0.154. The highest BCUT2D eigenvalue weighted by Gasteiger charge is 2.25. The van der Waals surface area contributed by atoms with Crippen LogP contribution in [0, 0.1) is 0 Å². The Labute approximate surface area is 460 Å². The Hall–Kier alpha value is -8.58. The van der Waals surface area contributed by atoms with Gasteiger partial charge in [0.2, 0.25) is 0 Å². The molecule has 0 radical (unpaired) electrons. The number of hydrogen-bond acceptors (Lipinski definition) is 0. The van der Waals surface area contributed by atoms with Crippen molar-refractivity contribution < 1.29 is 0 Å². The van der Waals surface area contributed by atoms with E-state index in [4.69, 9.17) is 0 Å². The minimum atomic E-state index is 0.0542. The Bertz CT molecular complexity index is 3840.